The van der Waals surface area contributed by atoms with E-state index in [-0.39, 0.29) is 15.2 Å². The Morgan fingerprint density at radius 3 is 2.20 bits per heavy atom. The minimum Gasteiger partial charge on any atom is -0.269 e. The van der Waals surface area contributed by atoms with Crippen LogP contribution < -0.4 is 0 Å². The molecule has 0 aromatic carbocycles. The van der Waals surface area contributed by atoms with Crippen LogP contribution in [-0.2, 0) is 10.3 Å². The van der Waals surface area contributed by atoms with E-state index in [4.69, 9.17) is 51.0 Å². The number of nitrogens with zero attached hydrogens (tertiary/aromatic N) is 1. The highest BCUT2D eigenvalue weighted by molar-refractivity contribution is 7.83. The molecule has 1 atom stereocenters. The Labute approximate surface area is 107 Å². The molecule has 0 saturated carbocycles. The van der Waals surface area contributed by atoms with Crippen molar-refractivity contribution < 1.29 is 13.0 Å². The van der Waals surface area contributed by atoms with Crippen molar-refractivity contribution in [2.45, 2.75) is 12.4 Å². The normalized spacial score (nSPS) is 23.9. The van der Waals surface area contributed by atoms with Gasteiger partial charge in [-0.2, -0.15) is 8.42 Å². The molecular formula is C6H5Cl4NO3S. The molecule has 0 amide bonds. The lowest BCUT2D eigenvalue weighted by Crippen LogP contribution is -2.37. The summed E-state index contributed by atoms with van der Waals surface area (Å²) in [5, 5.41) is -0.471. The number of hydrogen-bond acceptors (Lipinski definition) is 2. The van der Waals surface area contributed by atoms with Crippen LogP contribution in [0.1, 0.15) is 6.92 Å². The van der Waals surface area contributed by atoms with E-state index < -0.39 is 15.8 Å². The van der Waals surface area contributed by atoms with Crippen molar-refractivity contribution in [1.29, 1.82) is 0 Å². The van der Waals surface area contributed by atoms with E-state index in [1.54, 1.807) is 0 Å². The lowest BCUT2D eigenvalue weighted by Gasteiger charge is -2.30. The maximum atomic E-state index is 10.9. The summed E-state index contributed by atoms with van der Waals surface area (Å²) in [7, 11) is -4.60. The SMILES string of the molecule is CC1=C(Cl)C(Cl)N(S(=O)(=O)O)C(Cl)=C1Cl. The quantitative estimate of drug-likeness (QED) is 0.460. The van der Waals surface area contributed by atoms with Gasteiger partial charge in [-0.1, -0.05) is 46.4 Å². The van der Waals surface area contributed by atoms with Gasteiger partial charge < -0.3 is 0 Å². The Morgan fingerprint density at radius 2 is 1.80 bits per heavy atom. The zero-order chi connectivity index (χ0) is 12.0. The van der Waals surface area contributed by atoms with Crippen molar-refractivity contribution in [1.82, 2.24) is 4.31 Å². The highest BCUT2D eigenvalue weighted by Crippen LogP contribution is 2.40. The Balaban J connectivity index is 3.40. The number of alkyl halides is 1. The van der Waals surface area contributed by atoms with Crippen molar-refractivity contribution in [2.24, 2.45) is 0 Å². The molecule has 0 spiro atoms. The minimum atomic E-state index is -4.60. The molecular weight excluding hydrogens is 308 g/mol. The summed E-state index contributed by atoms with van der Waals surface area (Å²) < 4.78 is 31.1. The Bertz CT molecular complexity index is 455. The van der Waals surface area contributed by atoms with Gasteiger partial charge in [0.15, 0.2) is 5.50 Å². The van der Waals surface area contributed by atoms with Crippen molar-refractivity contribution in [3.63, 3.8) is 0 Å². The number of halogens is 4. The molecule has 1 aliphatic rings. The Kier molecular flexibility index (Phi) is 3.86. The van der Waals surface area contributed by atoms with E-state index in [9.17, 15) is 8.42 Å². The van der Waals surface area contributed by atoms with Gasteiger partial charge in [0.2, 0.25) is 0 Å². The van der Waals surface area contributed by atoms with Crippen molar-refractivity contribution in [3.8, 4) is 0 Å². The topological polar surface area (TPSA) is 57.6 Å². The third-order valence-corrected chi connectivity index (χ3v) is 4.78. The Hall–Kier alpha value is 0.350. The molecule has 4 nitrogen and oxygen atoms in total. The summed E-state index contributed by atoms with van der Waals surface area (Å²) in [5.74, 6) is 0. The highest BCUT2D eigenvalue weighted by atomic mass is 35.5. The predicted molar refractivity (Wildman–Crippen MR) is 60.3 cm³/mol. The largest absolute Gasteiger partial charge is 0.362 e. The monoisotopic (exact) mass is 311 g/mol. The van der Waals surface area contributed by atoms with Crippen molar-refractivity contribution in [3.05, 3.63) is 20.8 Å². The summed E-state index contributed by atoms with van der Waals surface area (Å²) in [6.07, 6.45) is 0. The number of allylic oxidation sites excluding steroid dienone is 2. The summed E-state index contributed by atoms with van der Waals surface area (Å²) >= 11 is 22.8. The zero-order valence-corrected chi connectivity index (χ0v) is 11.0. The molecule has 0 saturated heterocycles. The van der Waals surface area contributed by atoms with Gasteiger partial charge in [0.05, 0.1) is 10.1 Å². The molecule has 86 valence electrons. The van der Waals surface area contributed by atoms with Gasteiger partial charge in [-0.15, -0.1) is 0 Å². The first-order chi connectivity index (χ1) is 6.68. The molecule has 0 fully saturated rings. The van der Waals surface area contributed by atoms with Gasteiger partial charge in [-0.3, -0.25) is 4.55 Å². The van der Waals surface area contributed by atoms with Crippen LogP contribution in [0.2, 0.25) is 0 Å². The van der Waals surface area contributed by atoms with Crippen LogP contribution in [0.5, 0.6) is 0 Å². The first-order valence-electron chi connectivity index (χ1n) is 3.50. The first kappa shape index (κ1) is 13.4. The maximum Gasteiger partial charge on any atom is 0.362 e. The average Bonchev–Trinajstić information content (AvgIpc) is 2.09. The molecule has 0 bridgehead atoms. The van der Waals surface area contributed by atoms with Gasteiger partial charge in [0.25, 0.3) is 0 Å². The van der Waals surface area contributed by atoms with E-state index in [1.807, 2.05) is 0 Å². The first-order valence-corrected chi connectivity index (χ1v) is 6.47. The van der Waals surface area contributed by atoms with Crippen LogP contribution in [0.25, 0.3) is 0 Å². The maximum absolute atomic E-state index is 10.9. The van der Waals surface area contributed by atoms with Gasteiger partial charge in [-0.05, 0) is 12.5 Å². The summed E-state index contributed by atoms with van der Waals surface area (Å²) in [6, 6.07) is 0. The van der Waals surface area contributed by atoms with E-state index in [1.165, 1.54) is 6.92 Å². The third-order valence-electron chi connectivity index (χ3n) is 1.73. The van der Waals surface area contributed by atoms with Crippen LogP contribution in [0, 0.1) is 0 Å². The fraction of sp³-hybridized carbons (Fsp3) is 0.333. The molecule has 0 aromatic rings. The smallest absolute Gasteiger partial charge is 0.269 e. The van der Waals surface area contributed by atoms with Crippen LogP contribution in [0.3, 0.4) is 0 Å². The van der Waals surface area contributed by atoms with E-state index in [2.05, 4.69) is 0 Å². The van der Waals surface area contributed by atoms with Crippen LogP contribution in [0.4, 0.5) is 0 Å². The van der Waals surface area contributed by atoms with Crippen molar-refractivity contribution in [2.75, 3.05) is 0 Å². The summed E-state index contributed by atoms with van der Waals surface area (Å²) in [5.41, 5.74) is -0.931. The van der Waals surface area contributed by atoms with E-state index in [0.29, 0.717) is 9.88 Å². The van der Waals surface area contributed by atoms with Crippen LogP contribution in [0.15, 0.2) is 20.8 Å². The van der Waals surface area contributed by atoms with Crippen molar-refractivity contribution >= 4 is 56.7 Å². The average molecular weight is 313 g/mol. The lowest BCUT2D eigenvalue weighted by molar-refractivity contribution is 0.400. The van der Waals surface area contributed by atoms with E-state index in [0.717, 1.165) is 0 Å². The molecule has 0 aromatic heterocycles. The third kappa shape index (κ3) is 2.38. The molecule has 15 heavy (non-hydrogen) atoms. The molecule has 1 unspecified atom stereocenters. The molecule has 0 radical (unpaired) electrons. The number of hydrogen-bond donors (Lipinski definition) is 1. The molecule has 0 aliphatic carbocycles. The minimum absolute atomic E-state index is 0.0105. The van der Waals surface area contributed by atoms with Gasteiger partial charge in [-0.25, -0.2) is 4.31 Å². The molecule has 1 N–H and O–H groups in total. The van der Waals surface area contributed by atoms with Gasteiger partial charge >= 0.3 is 10.3 Å². The standard InChI is InChI=1S/C6H5Cl4NO3S/c1-2-3(7)5(9)11(15(12,13)14)6(10)4(2)8/h5H,1H3,(H,12,13,14). The lowest BCUT2D eigenvalue weighted by atomic mass is 10.2. The predicted octanol–water partition coefficient (Wildman–Crippen LogP) is 2.83. The summed E-state index contributed by atoms with van der Waals surface area (Å²) in [4.78, 5) is 0. The molecule has 1 heterocycles. The Morgan fingerprint density at radius 1 is 1.33 bits per heavy atom. The van der Waals surface area contributed by atoms with Gasteiger partial charge in [0.1, 0.15) is 5.16 Å². The fourth-order valence-electron chi connectivity index (χ4n) is 0.956. The molecule has 1 rings (SSSR count). The molecule has 9 heteroatoms. The number of rotatable bonds is 1. The van der Waals surface area contributed by atoms with E-state index >= 15 is 0 Å². The zero-order valence-electron chi connectivity index (χ0n) is 7.21. The fourth-order valence-corrected chi connectivity index (χ4v) is 3.24. The highest BCUT2D eigenvalue weighted by Gasteiger charge is 2.37. The van der Waals surface area contributed by atoms with Gasteiger partial charge in [0, 0.05) is 0 Å². The second-order valence-corrected chi connectivity index (χ2v) is 5.53. The van der Waals surface area contributed by atoms with Crippen LogP contribution in [-0.4, -0.2) is 22.8 Å². The summed E-state index contributed by atoms with van der Waals surface area (Å²) in [6.45, 7) is 1.53. The second-order valence-electron chi connectivity index (χ2n) is 2.69. The van der Waals surface area contributed by atoms with Crippen LogP contribution >= 0.6 is 46.4 Å². The second kappa shape index (κ2) is 4.31. The molecule has 1 aliphatic heterocycles.